The first-order valence-electron chi connectivity index (χ1n) is 9.92. The third kappa shape index (κ3) is 4.98. The maximum atomic E-state index is 12.9. The van der Waals surface area contributed by atoms with Gasteiger partial charge >= 0.3 is 0 Å². The number of Topliss-reactive ketones (excluding diaryl/α,β-unsaturated/α-hetero) is 1. The first kappa shape index (κ1) is 22.1. The fourth-order valence-electron chi connectivity index (χ4n) is 3.22. The van der Waals surface area contributed by atoms with Gasteiger partial charge in [-0.15, -0.1) is 0 Å². The molecule has 1 saturated heterocycles. The summed E-state index contributed by atoms with van der Waals surface area (Å²) < 4.78 is 5.37. The number of ether oxygens (including phenoxy) is 1. The van der Waals surface area contributed by atoms with Gasteiger partial charge < -0.3 is 15.4 Å². The molecule has 6 heteroatoms. The highest BCUT2D eigenvalue weighted by molar-refractivity contribution is 6.00. The number of carbonyl (C=O) groups excluding carboxylic acids is 3. The molecule has 0 radical (unpaired) electrons. The van der Waals surface area contributed by atoms with Crippen LogP contribution in [0.2, 0.25) is 0 Å². The van der Waals surface area contributed by atoms with Crippen molar-refractivity contribution >= 4 is 17.6 Å². The number of nitrogens with one attached hydrogen (secondary N) is 2. The summed E-state index contributed by atoms with van der Waals surface area (Å²) in [5.74, 6) is -0.254. The summed E-state index contributed by atoms with van der Waals surface area (Å²) in [4.78, 5) is 37.8. The van der Waals surface area contributed by atoms with E-state index in [1.807, 2.05) is 26.0 Å². The maximum Gasteiger partial charge on any atom is 0.251 e. The molecule has 1 aliphatic heterocycles. The van der Waals surface area contributed by atoms with Crippen LogP contribution in [0.4, 0.5) is 0 Å². The second-order valence-corrected chi connectivity index (χ2v) is 8.50. The highest BCUT2D eigenvalue weighted by atomic mass is 16.5. The molecule has 1 aromatic carbocycles. The molecule has 3 unspecified atom stereocenters. The molecule has 1 fully saturated rings. The number of carbonyl (C=O) groups is 3. The Bertz CT molecular complexity index is 727. The average Bonchev–Trinajstić information content (AvgIpc) is 2.88. The van der Waals surface area contributed by atoms with Gasteiger partial charge in [-0.1, -0.05) is 39.8 Å². The Hall–Kier alpha value is -2.21. The number of hydrogen-bond acceptors (Lipinski definition) is 4. The first-order valence-corrected chi connectivity index (χ1v) is 9.92. The minimum absolute atomic E-state index is 0.0125. The smallest absolute Gasteiger partial charge is 0.251 e. The van der Waals surface area contributed by atoms with E-state index in [2.05, 4.69) is 24.5 Å². The topological polar surface area (TPSA) is 84.5 Å². The van der Waals surface area contributed by atoms with Crippen molar-refractivity contribution in [1.82, 2.24) is 10.6 Å². The monoisotopic (exact) mass is 388 g/mol. The van der Waals surface area contributed by atoms with E-state index in [0.29, 0.717) is 17.9 Å². The second kappa shape index (κ2) is 8.86. The maximum absolute atomic E-state index is 12.9. The third-order valence-corrected chi connectivity index (χ3v) is 5.41. The van der Waals surface area contributed by atoms with Gasteiger partial charge in [0.05, 0.1) is 6.10 Å². The van der Waals surface area contributed by atoms with Gasteiger partial charge in [-0.25, -0.2) is 0 Å². The van der Waals surface area contributed by atoms with Crippen LogP contribution in [0.3, 0.4) is 0 Å². The van der Waals surface area contributed by atoms with Crippen molar-refractivity contribution in [1.29, 1.82) is 0 Å². The van der Waals surface area contributed by atoms with Crippen LogP contribution in [0.15, 0.2) is 24.3 Å². The van der Waals surface area contributed by atoms with Crippen LogP contribution in [0, 0.1) is 5.92 Å². The van der Waals surface area contributed by atoms with Crippen molar-refractivity contribution in [3.63, 3.8) is 0 Å². The molecule has 1 aromatic rings. The largest absolute Gasteiger partial charge is 0.368 e. The molecule has 3 atom stereocenters. The van der Waals surface area contributed by atoms with Crippen molar-refractivity contribution in [2.24, 2.45) is 5.92 Å². The van der Waals surface area contributed by atoms with Crippen molar-refractivity contribution in [3.05, 3.63) is 35.4 Å². The normalized spacial score (nSPS) is 23.1. The SMILES string of the molecule is CC(C)CC(NC(=O)c1ccc(C(C)C)cc1)C(=O)NC1(C)C(=O)COC1C. The summed E-state index contributed by atoms with van der Waals surface area (Å²) in [6.07, 6.45) is 0.0594. The Kier molecular flexibility index (Phi) is 6.99. The molecule has 0 aliphatic carbocycles. The predicted octanol–water partition coefficient (Wildman–Crippen LogP) is 2.82. The number of benzene rings is 1. The Morgan fingerprint density at radius 3 is 2.25 bits per heavy atom. The van der Waals surface area contributed by atoms with E-state index >= 15 is 0 Å². The van der Waals surface area contributed by atoms with Gasteiger partial charge in [-0.05, 0) is 49.8 Å². The van der Waals surface area contributed by atoms with E-state index in [4.69, 9.17) is 4.74 Å². The molecular weight excluding hydrogens is 356 g/mol. The number of hydrogen-bond donors (Lipinski definition) is 2. The molecule has 0 spiro atoms. The van der Waals surface area contributed by atoms with E-state index in [-0.39, 0.29) is 30.1 Å². The molecule has 1 aliphatic rings. The molecule has 2 rings (SSSR count). The summed E-state index contributed by atoms with van der Waals surface area (Å²) in [6, 6.07) is 6.66. The Morgan fingerprint density at radius 2 is 1.79 bits per heavy atom. The van der Waals surface area contributed by atoms with E-state index in [9.17, 15) is 14.4 Å². The highest BCUT2D eigenvalue weighted by Crippen LogP contribution is 2.23. The summed E-state index contributed by atoms with van der Waals surface area (Å²) in [5, 5.41) is 5.64. The van der Waals surface area contributed by atoms with Crippen LogP contribution in [0.25, 0.3) is 0 Å². The van der Waals surface area contributed by atoms with E-state index in [1.54, 1.807) is 26.0 Å². The van der Waals surface area contributed by atoms with Gasteiger partial charge in [0.2, 0.25) is 5.91 Å². The van der Waals surface area contributed by atoms with Crippen LogP contribution in [-0.2, 0) is 14.3 Å². The lowest BCUT2D eigenvalue weighted by Crippen LogP contribution is -2.60. The Balaban J connectivity index is 2.13. The minimum Gasteiger partial charge on any atom is -0.368 e. The average molecular weight is 389 g/mol. The lowest BCUT2D eigenvalue weighted by atomic mass is 9.92. The van der Waals surface area contributed by atoms with Gasteiger partial charge in [0, 0.05) is 5.56 Å². The zero-order valence-electron chi connectivity index (χ0n) is 17.7. The molecular formula is C22H32N2O4. The quantitative estimate of drug-likeness (QED) is 0.752. The zero-order chi connectivity index (χ0) is 21.1. The number of amides is 2. The van der Waals surface area contributed by atoms with Crippen LogP contribution in [0.5, 0.6) is 0 Å². The van der Waals surface area contributed by atoms with Crippen LogP contribution < -0.4 is 10.6 Å². The van der Waals surface area contributed by atoms with Crippen LogP contribution >= 0.6 is 0 Å². The minimum atomic E-state index is -1.07. The predicted molar refractivity (Wildman–Crippen MR) is 108 cm³/mol. The summed E-state index contributed by atoms with van der Waals surface area (Å²) in [7, 11) is 0. The molecule has 0 saturated carbocycles. The van der Waals surface area contributed by atoms with Crippen LogP contribution in [0.1, 0.15) is 69.8 Å². The van der Waals surface area contributed by atoms with Crippen LogP contribution in [-0.4, -0.2) is 41.9 Å². The van der Waals surface area contributed by atoms with Crippen molar-refractivity contribution in [3.8, 4) is 0 Å². The molecule has 0 aromatic heterocycles. The molecule has 0 bridgehead atoms. The first-order chi connectivity index (χ1) is 13.0. The Labute approximate surface area is 167 Å². The van der Waals surface area contributed by atoms with E-state index < -0.39 is 17.7 Å². The van der Waals surface area contributed by atoms with Gasteiger partial charge in [0.1, 0.15) is 18.2 Å². The van der Waals surface area contributed by atoms with E-state index in [0.717, 1.165) is 5.56 Å². The highest BCUT2D eigenvalue weighted by Gasteiger charge is 2.47. The zero-order valence-corrected chi connectivity index (χ0v) is 17.7. The van der Waals surface area contributed by atoms with Gasteiger partial charge in [-0.3, -0.25) is 14.4 Å². The van der Waals surface area contributed by atoms with Gasteiger partial charge in [0.25, 0.3) is 5.91 Å². The molecule has 154 valence electrons. The number of ketones is 1. The Morgan fingerprint density at radius 1 is 1.18 bits per heavy atom. The van der Waals surface area contributed by atoms with Crippen molar-refractivity contribution in [2.45, 2.75) is 71.6 Å². The lowest BCUT2D eigenvalue weighted by Gasteiger charge is -2.30. The van der Waals surface area contributed by atoms with Crippen molar-refractivity contribution in [2.75, 3.05) is 6.61 Å². The summed E-state index contributed by atoms with van der Waals surface area (Å²) in [6.45, 7) is 11.6. The fraction of sp³-hybridized carbons (Fsp3) is 0.591. The second-order valence-electron chi connectivity index (χ2n) is 8.50. The summed E-state index contributed by atoms with van der Waals surface area (Å²) in [5.41, 5.74) is 0.580. The fourth-order valence-corrected chi connectivity index (χ4v) is 3.22. The summed E-state index contributed by atoms with van der Waals surface area (Å²) >= 11 is 0. The molecule has 2 N–H and O–H groups in total. The molecule has 28 heavy (non-hydrogen) atoms. The lowest BCUT2D eigenvalue weighted by molar-refractivity contribution is -0.130. The molecule has 1 heterocycles. The third-order valence-electron chi connectivity index (χ3n) is 5.41. The van der Waals surface area contributed by atoms with Crippen molar-refractivity contribution < 1.29 is 19.1 Å². The molecule has 2 amide bonds. The van der Waals surface area contributed by atoms with E-state index in [1.165, 1.54) is 0 Å². The number of rotatable bonds is 7. The van der Waals surface area contributed by atoms with Gasteiger partial charge in [0.15, 0.2) is 5.78 Å². The standard InChI is InChI=1S/C22H32N2O4/c1-13(2)11-18(21(27)24-22(6)15(5)28-12-19(22)25)23-20(26)17-9-7-16(8-10-17)14(3)4/h7-10,13-15,18H,11-12H2,1-6H3,(H,23,26)(H,24,27). The van der Waals surface area contributed by atoms with Gasteiger partial charge in [-0.2, -0.15) is 0 Å². The molecule has 6 nitrogen and oxygen atoms in total.